The Morgan fingerprint density at radius 3 is 2.75 bits per heavy atom. The van der Waals surface area contributed by atoms with Crippen molar-refractivity contribution in [3.63, 3.8) is 0 Å². The number of nitrogens with zero attached hydrogens (tertiary/aromatic N) is 1. The lowest BCUT2D eigenvalue weighted by atomic mass is 10.1. The fraction of sp³-hybridized carbons (Fsp3) is 0.533. The molecular weight excluding hydrogens is 254 g/mol. The molecule has 1 rings (SSSR count). The molecule has 5 heteroatoms. The largest absolute Gasteiger partial charge is 0.399 e. The van der Waals surface area contributed by atoms with Crippen molar-refractivity contribution in [1.82, 2.24) is 10.2 Å². The predicted octanol–water partition coefficient (Wildman–Crippen LogP) is 1.41. The van der Waals surface area contributed by atoms with E-state index in [1.54, 1.807) is 7.11 Å². The second kappa shape index (κ2) is 7.87. The molecule has 112 valence electrons. The van der Waals surface area contributed by atoms with Crippen LogP contribution < -0.4 is 11.1 Å². The zero-order chi connectivity index (χ0) is 15.1. The van der Waals surface area contributed by atoms with Gasteiger partial charge in [0.25, 0.3) is 0 Å². The van der Waals surface area contributed by atoms with Gasteiger partial charge in [-0.25, -0.2) is 0 Å². The molecule has 0 aliphatic heterocycles. The number of amides is 1. The van der Waals surface area contributed by atoms with Crippen molar-refractivity contribution < 1.29 is 9.53 Å². The van der Waals surface area contributed by atoms with Crippen LogP contribution in [-0.2, 0) is 9.53 Å². The van der Waals surface area contributed by atoms with Gasteiger partial charge in [-0.05, 0) is 38.6 Å². The van der Waals surface area contributed by atoms with E-state index in [0.717, 1.165) is 11.3 Å². The number of rotatable bonds is 7. The van der Waals surface area contributed by atoms with Crippen molar-refractivity contribution in [2.75, 3.05) is 33.0 Å². The number of carbonyl (C=O) groups excluding carboxylic acids is 1. The quantitative estimate of drug-likeness (QED) is 0.741. The minimum Gasteiger partial charge on any atom is -0.399 e. The standard InChI is InChI=1S/C15H25N3O2/c1-11(10-20-4)17-15(19)9-18(3)12(2)13-6-5-7-14(16)8-13/h5-8,11-12H,9-10,16H2,1-4H3,(H,17,19). The second-order valence-corrected chi connectivity index (χ2v) is 5.19. The van der Waals surface area contributed by atoms with Crippen LogP contribution in [0, 0.1) is 0 Å². The lowest BCUT2D eigenvalue weighted by Gasteiger charge is -2.25. The monoisotopic (exact) mass is 279 g/mol. The minimum atomic E-state index is -0.00666. The van der Waals surface area contributed by atoms with E-state index in [0.29, 0.717) is 13.2 Å². The molecule has 0 spiro atoms. The van der Waals surface area contributed by atoms with E-state index in [2.05, 4.69) is 12.2 Å². The molecule has 0 heterocycles. The van der Waals surface area contributed by atoms with Crippen LogP contribution in [0.2, 0.25) is 0 Å². The Labute approximate surface area is 121 Å². The van der Waals surface area contributed by atoms with E-state index >= 15 is 0 Å². The van der Waals surface area contributed by atoms with E-state index in [-0.39, 0.29) is 18.0 Å². The van der Waals surface area contributed by atoms with Gasteiger partial charge in [0.15, 0.2) is 0 Å². The Bertz CT molecular complexity index is 437. The molecular formula is C15H25N3O2. The fourth-order valence-electron chi connectivity index (χ4n) is 2.05. The Morgan fingerprint density at radius 2 is 2.15 bits per heavy atom. The SMILES string of the molecule is COCC(C)NC(=O)CN(C)C(C)c1cccc(N)c1. The van der Waals surface area contributed by atoms with Gasteiger partial charge < -0.3 is 15.8 Å². The highest BCUT2D eigenvalue weighted by Crippen LogP contribution is 2.20. The number of methoxy groups -OCH3 is 1. The zero-order valence-electron chi connectivity index (χ0n) is 12.7. The van der Waals surface area contributed by atoms with Crippen LogP contribution in [0.15, 0.2) is 24.3 Å². The summed E-state index contributed by atoms with van der Waals surface area (Å²) in [7, 11) is 3.55. The molecule has 0 aliphatic carbocycles. The number of anilines is 1. The molecule has 0 saturated heterocycles. The van der Waals surface area contributed by atoms with Gasteiger partial charge in [-0.3, -0.25) is 9.69 Å². The van der Waals surface area contributed by atoms with Gasteiger partial charge in [0.2, 0.25) is 5.91 Å². The highest BCUT2D eigenvalue weighted by Gasteiger charge is 2.16. The predicted molar refractivity (Wildman–Crippen MR) is 81.4 cm³/mol. The number of nitrogens with two attached hydrogens (primary N) is 1. The van der Waals surface area contributed by atoms with Crippen LogP contribution >= 0.6 is 0 Å². The van der Waals surface area contributed by atoms with Gasteiger partial charge in [-0.1, -0.05) is 12.1 Å². The first-order valence-corrected chi connectivity index (χ1v) is 6.78. The average molecular weight is 279 g/mol. The van der Waals surface area contributed by atoms with Crippen molar-refractivity contribution in [3.8, 4) is 0 Å². The van der Waals surface area contributed by atoms with E-state index in [9.17, 15) is 4.79 Å². The molecule has 0 bridgehead atoms. The second-order valence-electron chi connectivity index (χ2n) is 5.19. The molecule has 0 aliphatic rings. The summed E-state index contributed by atoms with van der Waals surface area (Å²) in [6.07, 6.45) is 0. The Kier molecular flexibility index (Phi) is 6.48. The van der Waals surface area contributed by atoms with Crippen LogP contribution in [0.1, 0.15) is 25.5 Å². The summed E-state index contributed by atoms with van der Waals surface area (Å²) in [4.78, 5) is 13.9. The van der Waals surface area contributed by atoms with Crippen molar-refractivity contribution in [2.45, 2.75) is 25.9 Å². The van der Waals surface area contributed by atoms with Crippen molar-refractivity contribution in [2.24, 2.45) is 0 Å². The maximum atomic E-state index is 11.9. The number of benzene rings is 1. The molecule has 1 aromatic rings. The van der Waals surface area contributed by atoms with Crippen molar-refractivity contribution in [3.05, 3.63) is 29.8 Å². The number of hydrogen-bond donors (Lipinski definition) is 2. The topological polar surface area (TPSA) is 67.6 Å². The Morgan fingerprint density at radius 1 is 1.45 bits per heavy atom. The maximum absolute atomic E-state index is 11.9. The van der Waals surface area contributed by atoms with Crippen LogP contribution in [-0.4, -0.2) is 44.2 Å². The molecule has 0 aromatic heterocycles. The van der Waals surface area contributed by atoms with Gasteiger partial charge in [0, 0.05) is 24.9 Å². The van der Waals surface area contributed by atoms with Crippen LogP contribution in [0.4, 0.5) is 5.69 Å². The third kappa shape index (κ3) is 5.19. The molecule has 2 atom stereocenters. The van der Waals surface area contributed by atoms with Crippen LogP contribution in [0.25, 0.3) is 0 Å². The fourth-order valence-corrected chi connectivity index (χ4v) is 2.05. The number of nitrogen functional groups attached to an aromatic ring is 1. The average Bonchev–Trinajstić information content (AvgIpc) is 2.37. The molecule has 0 fully saturated rings. The number of hydrogen-bond acceptors (Lipinski definition) is 4. The summed E-state index contributed by atoms with van der Waals surface area (Å²) in [6.45, 7) is 4.83. The van der Waals surface area contributed by atoms with Gasteiger partial charge in [-0.15, -0.1) is 0 Å². The van der Waals surface area contributed by atoms with Gasteiger partial charge in [0.05, 0.1) is 13.2 Å². The van der Waals surface area contributed by atoms with Crippen molar-refractivity contribution >= 4 is 11.6 Å². The molecule has 20 heavy (non-hydrogen) atoms. The number of likely N-dealkylation sites (N-methyl/N-ethyl adjacent to an activating group) is 1. The smallest absolute Gasteiger partial charge is 0.234 e. The minimum absolute atomic E-state index is 0.00666. The summed E-state index contributed by atoms with van der Waals surface area (Å²) < 4.78 is 5.00. The van der Waals surface area contributed by atoms with Crippen LogP contribution in [0.3, 0.4) is 0 Å². The first kappa shape index (κ1) is 16.5. The van der Waals surface area contributed by atoms with Gasteiger partial charge >= 0.3 is 0 Å². The molecule has 5 nitrogen and oxygen atoms in total. The first-order chi connectivity index (χ1) is 9.43. The Balaban J connectivity index is 2.53. The van der Waals surface area contributed by atoms with Gasteiger partial charge in [0.1, 0.15) is 0 Å². The summed E-state index contributed by atoms with van der Waals surface area (Å²) in [5, 5.41) is 2.90. The molecule has 3 N–H and O–H groups in total. The van der Waals surface area contributed by atoms with Crippen molar-refractivity contribution in [1.29, 1.82) is 0 Å². The normalized spacial score (nSPS) is 14.1. The highest BCUT2D eigenvalue weighted by atomic mass is 16.5. The van der Waals surface area contributed by atoms with E-state index in [4.69, 9.17) is 10.5 Å². The summed E-state index contributed by atoms with van der Waals surface area (Å²) in [5.41, 5.74) is 7.62. The third-order valence-corrected chi connectivity index (χ3v) is 3.27. The molecule has 1 aromatic carbocycles. The number of nitrogens with one attached hydrogen (secondary N) is 1. The number of ether oxygens (including phenoxy) is 1. The zero-order valence-corrected chi connectivity index (χ0v) is 12.7. The van der Waals surface area contributed by atoms with E-state index < -0.39 is 0 Å². The summed E-state index contributed by atoms with van der Waals surface area (Å²) >= 11 is 0. The summed E-state index contributed by atoms with van der Waals surface area (Å²) in [5.74, 6) is -0.00666. The molecule has 0 saturated carbocycles. The molecule has 1 amide bonds. The van der Waals surface area contributed by atoms with Gasteiger partial charge in [-0.2, -0.15) is 0 Å². The van der Waals surface area contributed by atoms with E-state index in [1.165, 1.54) is 0 Å². The number of carbonyl (C=O) groups is 1. The third-order valence-electron chi connectivity index (χ3n) is 3.27. The van der Waals surface area contributed by atoms with Crippen LogP contribution in [0.5, 0.6) is 0 Å². The lowest BCUT2D eigenvalue weighted by Crippen LogP contribution is -2.42. The van der Waals surface area contributed by atoms with E-state index in [1.807, 2.05) is 43.1 Å². The molecule has 2 unspecified atom stereocenters. The molecule has 0 radical (unpaired) electrons. The maximum Gasteiger partial charge on any atom is 0.234 e. The highest BCUT2D eigenvalue weighted by molar-refractivity contribution is 5.78. The summed E-state index contributed by atoms with van der Waals surface area (Å²) in [6, 6.07) is 7.88. The Hall–Kier alpha value is -1.59. The first-order valence-electron chi connectivity index (χ1n) is 6.78. The lowest BCUT2D eigenvalue weighted by molar-refractivity contribution is -0.123.